The SMILES string of the molecule is CCCCCCCCCCCCCCCCC[N+](C)(C)CCC[Si](OCCN(CCO)CCS(=O)(=O)[O-])(OCCN(CCO)CCS(=O)(=O)[O-])OCCN(CCO)CCS(=O)(=O)O.CCCCCCCCCCCCCCCCC[N+](C)(C)CCC[Si](OCCN(CCO)CCS(=O)(=O)[O-])(OCCN(CCO)CCS(=O)(=O)[O-])OCCN(CCO)CCS(=O)(=O)O.[Na+].[Na+]. The number of unbranched alkanes of at least 4 members (excludes halogenated alkanes) is 28. The van der Waals surface area contributed by atoms with Crippen LogP contribution in [0.15, 0.2) is 0 Å². The normalized spacial score (nSPS) is 13.1. The molecule has 0 rings (SSSR count). The van der Waals surface area contributed by atoms with Crippen LogP contribution in [0.5, 0.6) is 0 Å². The van der Waals surface area contributed by atoms with E-state index < -0.39 is 113 Å². The van der Waals surface area contributed by atoms with Crippen LogP contribution < -0.4 is 59.1 Å². The first kappa shape index (κ1) is 135. The van der Waals surface area contributed by atoms with Gasteiger partial charge in [0.05, 0.1) is 209 Å². The summed E-state index contributed by atoms with van der Waals surface area (Å²) >= 11 is 0. The monoisotopic (exact) mass is 2020 g/mol. The van der Waals surface area contributed by atoms with Crippen LogP contribution in [0, 0.1) is 0 Å². The molecule has 0 aliphatic carbocycles. The van der Waals surface area contributed by atoms with Gasteiger partial charge >= 0.3 is 76.7 Å². The Kier molecular flexibility index (Phi) is 86.4. The Hall–Kier alpha value is 1.09. The molecule has 0 aliphatic rings. The Labute approximate surface area is 821 Å². The Morgan fingerprint density at radius 3 is 0.555 bits per heavy atom. The van der Waals surface area contributed by atoms with Crippen molar-refractivity contribution < 1.29 is 203 Å². The molecule has 0 amide bonds. The molecule has 0 aliphatic heterocycles. The third-order valence-electron chi connectivity index (χ3n) is 22.1. The van der Waals surface area contributed by atoms with E-state index in [1.54, 1.807) is 29.4 Å². The van der Waals surface area contributed by atoms with Gasteiger partial charge in [0, 0.05) is 143 Å². The Morgan fingerprint density at radius 2 is 0.398 bits per heavy atom. The van der Waals surface area contributed by atoms with Crippen molar-refractivity contribution in [3.05, 3.63) is 0 Å². The smallest absolute Gasteiger partial charge is 0.748 e. The Morgan fingerprint density at radius 1 is 0.242 bits per heavy atom. The molecular weight excluding hydrogens is 1850 g/mol. The molecule has 0 saturated carbocycles. The van der Waals surface area contributed by atoms with Gasteiger partial charge in [0.15, 0.2) is 0 Å². The summed E-state index contributed by atoms with van der Waals surface area (Å²) in [6.07, 6.45) is 39.8. The average molecular weight is 2020 g/mol. The van der Waals surface area contributed by atoms with Crippen LogP contribution in [0.25, 0.3) is 0 Å². The summed E-state index contributed by atoms with van der Waals surface area (Å²) in [6, 6.07) is 0.644. The number of nitrogens with zero attached hydrogens (tertiary/aromatic N) is 8. The standard InChI is InChI=1S/2C40H88N4O15S3Si.2Na/c2*1-4-5-6-7-8-9-10-11-12-13-14-15-16-17-18-29-44(2,3)30-19-40-63(57-34-23-41(20-31-45)26-37-60(48,49)50,58-35-24-42(21-32-46)27-38-61(51,52)53)59-36-25-43(22-33-47)28-39-62(54,55)56;;/h2*45-47H,4-40H2,1-3H3,(H2-,48,49,50,51,52,53,54,55,56);;/q;;2*+1/p-2. The molecule has 0 aromatic carbocycles. The average Bonchev–Trinajstić information content (AvgIpc) is 0.856. The van der Waals surface area contributed by atoms with Crippen LogP contribution in [0.1, 0.15) is 219 Å². The summed E-state index contributed by atoms with van der Waals surface area (Å²) in [4.78, 5) is 9.46. The van der Waals surface area contributed by atoms with Crippen LogP contribution in [0.4, 0.5) is 0 Å². The zero-order valence-electron chi connectivity index (χ0n) is 79.9. The zero-order valence-corrected chi connectivity index (χ0v) is 90.8. The number of hydrogen-bond acceptors (Lipinski definition) is 34. The van der Waals surface area contributed by atoms with E-state index in [9.17, 15) is 108 Å². The fourth-order valence-corrected chi connectivity index (χ4v) is 22.3. The Bertz CT molecular complexity index is 2840. The molecule has 760 valence electrons. The van der Waals surface area contributed by atoms with E-state index in [0.717, 1.165) is 60.8 Å². The minimum atomic E-state index is -4.53. The van der Waals surface area contributed by atoms with Crippen molar-refractivity contribution in [3.63, 3.8) is 0 Å². The van der Waals surface area contributed by atoms with Crippen molar-refractivity contribution in [1.82, 2.24) is 29.4 Å². The van der Waals surface area contributed by atoms with E-state index in [1.165, 1.54) is 167 Å². The Balaban J connectivity index is -0.00000118. The molecule has 0 unspecified atom stereocenters. The molecular formula is C80H174N8Na2O30S6Si2. The predicted molar refractivity (Wildman–Crippen MR) is 492 cm³/mol. The van der Waals surface area contributed by atoms with Crippen molar-refractivity contribution in [3.8, 4) is 0 Å². The van der Waals surface area contributed by atoms with E-state index in [0.29, 0.717) is 24.9 Å². The van der Waals surface area contributed by atoms with E-state index in [1.807, 2.05) is 0 Å². The first-order chi connectivity index (χ1) is 59.4. The second-order valence-electron chi connectivity index (χ2n) is 34.3. The van der Waals surface area contributed by atoms with Gasteiger partial charge in [0.25, 0.3) is 20.2 Å². The topological polar surface area (TPSA) is 534 Å². The first-order valence-electron chi connectivity index (χ1n) is 46.5. The second kappa shape index (κ2) is 81.7. The molecule has 0 aromatic rings. The van der Waals surface area contributed by atoms with Gasteiger partial charge in [-0.2, -0.15) is 16.8 Å². The maximum atomic E-state index is 11.5. The van der Waals surface area contributed by atoms with Gasteiger partial charge in [-0.15, -0.1) is 0 Å². The molecule has 38 nitrogen and oxygen atoms in total. The summed E-state index contributed by atoms with van der Waals surface area (Å²) in [5.74, 6) is -3.79. The molecule has 0 atom stereocenters. The molecule has 0 fully saturated rings. The first-order valence-corrected chi connectivity index (χ1v) is 59.9. The van der Waals surface area contributed by atoms with Gasteiger partial charge in [0.1, 0.15) is 0 Å². The molecule has 48 heteroatoms. The van der Waals surface area contributed by atoms with E-state index in [-0.39, 0.29) is 256 Å². The molecule has 128 heavy (non-hydrogen) atoms. The summed E-state index contributed by atoms with van der Waals surface area (Å²) in [5.41, 5.74) is 0. The van der Waals surface area contributed by atoms with Gasteiger partial charge < -0.3 is 84.4 Å². The number of hydrogen-bond donors (Lipinski definition) is 8. The van der Waals surface area contributed by atoms with Crippen molar-refractivity contribution in [2.45, 2.75) is 231 Å². The second-order valence-corrected chi connectivity index (χ2v) is 49.0. The van der Waals surface area contributed by atoms with Gasteiger partial charge in [-0.3, -0.25) is 38.5 Å². The molecule has 0 spiro atoms. The number of aliphatic hydroxyl groups is 6. The minimum absolute atomic E-state index is 0. The van der Waals surface area contributed by atoms with Gasteiger partial charge in [0.2, 0.25) is 0 Å². The molecule has 0 bridgehead atoms. The predicted octanol–water partition coefficient (Wildman–Crippen LogP) is -1.64. The van der Waals surface area contributed by atoms with E-state index in [2.05, 4.69) is 42.0 Å². The zero-order chi connectivity index (χ0) is 95.0. The van der Waals surface area contributed by atoms with Crippen LogP contribution in [-0.4, -0.2) is 450 Å². The largest absolute Gasteiger partial charge is 1.00 e. The minimum Gasteiger partial charge on any atom is -0.748 e. The van der Waals surface area contributed by atoms with Crippen LogP contribution in [0.3, 0.4) is 0 Å². The molecule has 0 radical (unpaired) electrons. The van der Waals surface area contributed by atoms with Crippen molar-refractivity contribution in [1.29, 1.82) is 0 Å². The summed E-state index contributed by atoms with van der Waals surface area (Å²) < 4.78 is 241. The van der Waals surface area contributed by atoms with Crippen molar-refractivity contribution >= 4 is 78.3 Å². The summed E-state index contributed by atoms with van der Waals surface area (Å²) in [6.45, 7) is 6.36. The summed E-state index contributed by atoms with van der Waals surface area (Å²) in [7, 11) is -25.5. The van der Waals surface area contributed by atoms with Crippen molar-refractivity contribution in [2.24, 2.45) is 0 Å². The fraction of sp³-hybridized carbons (Fsp3) is 1.00. The number of rotatable bonds is 94. The maximum absolute atomic E-state index is 11.5. The third-order valence-corrected chi connectivity index (χ3v) is 32.0. The summed E-state index contributed by atoms with van der Waals surface area (Å²) in [5, 5.41) is 57.7. The molecule has 0 heterocycles. The quantitative estimate of drug-likeness (QED) is 0.0146. The molecule has 8 N–H and O–H groups in total. The van der Waals surface area contributed by atoms with E-state index >= 15 is 0 Å². The van der Waals surface area contributed by atoms with Gasteiger partial charge in [-0.1, -0.05) is 181 Å². The number of aliphatic hydroxyl groups excluding tert-OH is 6. The van der Waals surface area contributed by atoms with E-state index in [4.69, 9.17) is 26.6 Å². The van der Waals surface area contributed by atoms with Crippen molar-refractivity contribution in [2.75, 3.05) is 286 Å². The third kappa shape index (κ3) is 90.9. The van der Waals surface area contributed by atoms with Crippen LogP contribution in [0.2, 0.25) is 12.1 Å². The van der Waals surface area contributed by atoms with Gasteiger partial charge in [-0.25, -0.2) is 33.7 Å². The maximum Gasteiger partial charge on any atom is 1.00 e. The molecule has 0 saturated heterocycles. The van der Waals surface area contributed by atoms with Crippen LogP contribution >= 0.6 is 0 Å². The molecule has 0 aromatic heterocycles. The fourth-order valence-electron chi connectivity index (χ4n) is 14.5. The van der Waals surface area contributed by atoms with Crippen LogP contribution in [-0.2, 0) is 87.3 Å². The number of quaternary nitrogens is 2. The van der Waals surface area contributed by atoms with Gasteiger partial charge in [-0.05, 0) is 25.7 Å².